The maximum absolute atomic E-state index is 3.22. The van der Waals surface area contributed by atoms with Gasteiger partial charge in [-0.3, -0.25) is 0 Å². The third-order valence-corrected chi connectivity index (χ3v) is 3.53. The summed E-state index contributed by atoms with van der Waals surface area (Å²) in [5.41, 5.74) is 1.47. The van der Waals surface area contributed by atoms with E-state index in [2.05, 4.69) is 36.1 Å². The minimum Gasteiger partial charge on any atom is -0.303 e. The predicted molar refractivity (Wildman–Crippen MR) is 55.9 cm³/mol. The Balaban J connectivity index is 2.34. The van der Waals surface area contributed by atoms with Crippen molar-refractivity contribution in [2.75, 3.05) is 6.54 Å². The first kappa shape index (κ1) is 7.54. The lowest BCUT2D eigenvalue weighted by molar-refractivity contribution is 0.766. The van der Waals surface area contributed by atoms with Crippen molar-refractivity contribution in [3.8, 4) is 0 Å². The van der Waals surface area contributed by atoms with Gasteiger partial charge in [0.25, 0.3) is 0 Å². The summed E-state index contributed by atoms with van der Waals surface area (Å²) in [6.07, 6.45) is 1.13. The van der Waals surface area contributed by atoms with Crippen molar-refractivity contribution in [1.82, 2.24) is 5.32 Å². The molecule has 0 amide bonds. The van der Waals surface area contributed by atoms with Crippen LogP contribution in [0.5, 0.6) is 0 Å². The van der Waals surface area contributed by atoms with Crippen LogP contribution < -0.4 is 5.32 Å². The van der Waals surface area contributed by atoms with E-state index in [9.17, 15) is 0 Å². The zero-order chi connectivity index (χ0) is 8.67. The molecule has 1 aromatic heterocycles. The van der Waals surface area contributed by atoms with E-state index in [4.69, 9.17) is 0 Å². The molecule has 2 heterocycles. The van der Waals surface area contributed by atoms with Crippen LogP contribution >= 0.6 is 11.3 Å². The molecule has 2 aromatic rings. The van der Waals surface area contributed by atoms with E-state index in [-0.39, 0.29) is 0 Å². The third-order valence-electron chi connectivity index (χ3n) is 2.40. The molecule has 0 atom stereocenters. The Hall–Kier alpha value is -0.860. The number of benzene rings is 1. The molecule has 1 aromatic carbocycles. The summed E-state index contributed by atoms with van der Waals surface area (Å²) < 4.78 is 1.38. The smallest absolute Gasteiger partial charge is 0.105 e. The molecule has 2 heteroatoms. The maximum atomic E-state index is 3.22. The van der Waals surface area contributed by atoms with Crippen molar-refractivity contribution in [1.29, 1.82) is 0 Å². The van der Waals surface area contributed by atoms with E-state index < -0.39 is 0 Å². The minimum atomic E-state index is 1.02. The molecule has 0 unspecified atom stereocenters. The summed E-state index contributed by atoms with van der Waals surface area (Å²) in [6.45, 7) is 4.24. The largest absolute Gasteiger partial charge is 0.303 e. The van der Waals surface area contributed by atoms with Gasteiger partial charge in [0.15, 0.2) is 0 Å². The number of fused-ring (bicyclic) bond motifs is 3. The number of hydrogen-bond donors (Lipinski definition) is 1. The standard InChI is InChI=1S/C11H9NS/c1-2-4-10-8(3-1)9-5-6-12-7-11(9)13-10/h1-4,12H,5-6H2. The fourth-order valence-electron chi connectivity index (χ4n) is 1.78. The topological polar surface area (TPSA) is 12.0 Å². The molecule has 13 heavy (non-hydrogen) atoms. The third kappa shape index (κ3) is 1.10. The Bertz CT molecular complexity index is 444. The molecule has 0 bridgehead atoms. The van der Waals surface area contributed by atoms with Crippen molar-refractivity contribution in [2.24, 2.45) is 0 Å². The van der Waals surface area contributed by atoms with Crippen LogP contribution in [0.3, 0.4) is 0 Å². The molecule has 1 N–H and O–H groups in total. The highest BCUT2D eigenvalue weighted by Crippen LogP contribution is 2.33. The van der Waals surface area contributed by atoms with E-state index in [1.807, 2.05) is 11.3 Å². The quantitative estimate of drug-likeness (QED) is 0.668. The molecule has 0 aliphatic carbocycles. The van der Waals surface area contributed by atoms with Gasteiger partial charge in [0.1, 0.15) is 6.54 Å². The van der Waals surface area contributed by atoms with Gasteiger partial charge < -0.3 is 5.32 Å². The predicted octanol–water partition coefficient (Wildman–Crippen LogP) is 2.43. The number of thiophene rings is 1. The lowest BCUT2D eigenvalue weighted by Gasteiger charge is -2.10. The molecule has 1 aliphatic heterocycles. The molecule has 2 radical (unpaired) electrons. The van der Waals surface area contributed by atoms with Crippen molar-refractivity contribution in [2.45, 2.75) is 6.42 Å². The number of rotatable bonds is 0. The second kappa shape index (κ2) is 2.82. The molecule has 0 spiro atoms. The molecule has 64 valence electrons. The fraction of sp³-hybridized carbons (Fsp3) is 0.182. The van der Waals surface area contributed by atoms with Crippen LogP contribution in [0, 0.1) is 6.54 Å². The van der Waals surface area contributed by atoms with Crippen LogP contribution in [-0.2, 0) is 6.42 Å². The summed E-state index contributed by atoms with van der Waals surface area (Å²) in [7, 11) is 0. The van der Waals surface area contributed by atoms with Gasteiger partial charge >= 0.3 is 0 Å². The second-order valence-electron chi connectivity index (χ2n) is 3.21. The molecular formula is C11H9NS. The molecule has 1 nitrogen and oxygen atoms in total. The molecule has 0 saturated carbocycles. The maximum Gasteiger partial charge on any atom is 0.105 e. The van der Waals surface area contributed by atoms with E-state index in [1.54, 1.807) is 0 Å². The highest BCUT2D eigenvalue weighted by molar-refractivity contribution is 7.19. The lowest BCUT2D eigenvalue weighted by Crippen LogP contribution is -2.19. The average Bonchev–Trinajstić information content (AvgIpc) is 2.56. The van der Waals surface area contributed by atoms with Crippen LogP contribution in [-0.4, -0.2) is 6.54 Å². The van der Waals surface area contributed by atoms with E-state index in [0.29, 0.717) is 0 Å². The summed E-state index contributed by atoms with van der Waals surface area (Å²) in [5, 5.41) is 4.58. The highest BCUT2D eigenvalue weighted by Gasteiger charge is 2.15. The Morgan fingerprint density at radius 2 is 2.23 bits per heavy atom. The van der Waals surface area contributed by atoms with Crippen LogP contribution in [0.2, 0.25) is 0 Å². The van der Waals surface area contributed by atoms with Crippen molar-refractivity contribution >= 4 is 21.4 Å². The Morgan fingerprint density at radius 1 is 1.31 bits per heavy atom. The Morgan fingerprint density at radius 3 is 3.23 bits per heavy atom. The van der Waals surface area contributed by atoms with Gasteiger partial charge in [0.2, 0.25) is 0 Å². The first-order valence-corrected chi connectivity index (χ1v) is 5.26. The SMILES string of the molecule is [C]1NCCc2c1sc1ccccc21. The van der Waals surface area contributed by atoms with E-state index in [1.165, 1.54) is 20.5 Å². The highest BCUT2D eigenvalue weighted by atomic mass is 32.1. The molecule has 1 aliphatic rings. The van der Waals surface area contributed by atoms with Crippen LogP contribution in [0.15, 0.2) is 24.3 Å². The van der Waals surface area contributed by atoms with Crippen LogP contribution in [0.25, 0.3) is 10.1 Å². The van der Waals surface area contributed by atoms with Gasteiger partial charge in [-0.15, -0.1) is 11.3 Å². The van der Waals surface area contributed by atoms with Gasteiger partial charge in [0, 0.05) is 16.1 Å². The zero-order valence-electron chi connectivity index (χ0n) is 7.13. The molecule has 0 saturated heterocycles. The minimum absolute atomic E-state index is 1.02. The summed E-state index contributed by atoms with van der Waals surface area (Å²) in [4.78, 5) is 1.28. The summed E-state index contributed by atoms with van der Waals surface area (Å²) in [5.74, 6) is 0. The van der Waals surface area contributed by atoms with Gasteiger partial charge in [-0.05, 0) is 23.4 Å². The van der Waals surface area contributed by atoms with Crippen molar-refractivity contribution < 1.29 is 0 Å². The molecule has 3 rings (SSSR count). The molecule has 0 fully saturated rings. The van der Waals surface area contributed by atoms with Crippen LogP contribution in [0.1, 0.15) is 10.4 Å². The van der Waals surface area contributed by atoms with Gasteiger partial charge in [-0.1, -0.05) is 18.2 Å². The number of hydrogen-bond acceptors (Lipinski definition) is 2. The number of nitrogens with one attached hydrogen (secondary N) is 1. The van der Waals surface area contributed by atoms with Crippen LogP contribution in [0.4, 0.5) is 0 Å². The van der Waals surface area contributed by atoms with Gasteiger partial charge in [-0.25, -0.2) is 0 Å². The normalized spacial score (nSPS) is 16.0. The summed E-state index contributed by atoms with van der Waals surface area (Å²) in [6, 6.07) is 8.59. The first-order chi connectivity index (χ1) is 6.45. The summed E-state index contributed by atoms with van der Waals surface area (Å²) >= 11 is 1.83. The zero-order valence-corrected chi connectivity index (χ0v) is 7.95. The second-order valence-corrected chi connectivity index (χ2v) is 4.26. The lowest BCUT2D eigenvalue weighted by atomic mass is 10.1. The average molecular weight is 187 g/mol. The van der Waals surface area contributed by atoms with E-state index >= 15 is 0 Å². The van der Waals surface area contributed by atoms with Gasteiger partial charge in [-0.2, -0.15) is 0 Å². The molecular weight excluding hydrogens is 178 g/mol. The first-order valence-electron chi connectivity index (χ1n) is 4.44. The van der Waals surface area contributed by atoms with Gasteiger partial charge in [0.05, 0.1) is 0 Å². The van der Waals surface area contributed by atoms with Crippen molar-refractivity contribution in [3.05, 3.63) is 41.3 Å². The Labute approximate surface area is 81.4 Å². The Kier molecular flexibility index (Phi) is 1.64. The van der Waals surface area contributed by atoms with Crippen molar-refractivity contribution in [3.63, 3.8) is 0 Å². The van der Waals surface area contributed by atoms with E-state index in [0.717, 1.165) is 13.0 Å². The monoisotopic (exact) mass is 187 g/mol. The fourth-order valence-corrected chi connectivity index (χ4v) is 2.90.